The molecule has 3 aliphatic rings. The molecular weight excluding hydrogens is 392 g/mol. The minimum absolute atomic E-state index is 0.165. The maximum Gasteiger partial charge on any atom is 0.326 e. The Bertz CT molecular complexity index is 900. The van der Waals surface area contributed by atoms with Gasteiger partial charge in [0.05, 0.1) is 11.8 Å². The Kier molecular flexibility index (Phi) is 5.43. The number of likely N-dealkylation sites (tertiary alicyclic amines) is 1. The summed E-state index contributed by atoms with van der Waals surface area (Å²) < 4.78 is 15.7. The summed E-state index contributed by atoms with van der Waals surface area (Å²) in [6.45, 7) is 1.34. The molecule has 0 spiro atoms. The van der Waals surface area contributed by atoms with E-state index in [1.54, 1.807) is 18.2 Å². The third-order valence-corrected chi connectivity index (χ3v) is 5.47. The van der Waals surface area contributed by atoms with Gasteiger partial charge in [-0.15, -0.1) is 0 Å². The van der Waals surface area contributed by atoms with Gasteiger partial charge in [-0.3, -0.25) is 24.1 Å². The molecule has 1 N–H and O–H groups in total. The topological polar surface area (TPSA) is 111 Å². The van der Waals surface area contributed by atoms with Gasteiger partial charge in [-0.1, -0.05) is 18.2 Å². The normalized spacial score (nSPS) is 22.6. The van der Waals surface area contributed by atoms with E-state index >= 15 is 0 Å². The number of carbonyl (C=O) groups is 4. The Morgan fingerprint density at radius 3 is 2.50 bits per heavy atom. The van der Waals surface area contributed by atoms with Gasteiger partial charge in [0.15, 0.2) is 17.6 Å². The molecule has 9 heteroatoms. The van der Waals surface area contributed by atoms with Crippen LogP contribution in [0.5, 0.6) is 11.5 Å². The molecule has 2 aliphatic heterocycles. The van der Waals surface area contributed by atoms with Crippen molar-refractivity contribution in [2.24, 2.45) is 11.8 Å². The lowest BCUT2D eigenvalue weighted by atomic mass is 9.85. The van der Waals surface area contributed by atoms with E-state index in [9.17, 15) is 19.2 Å². The average Bonchev–Trinajstić information content (AvgIpc) is 3.30. The number of hydrogen-bond donors (Lipinski definition) is 1. The van der Waals surface area contributed by atoms with Gasteiger partial charge in [0.2, 0.25) is 18.6 Å². The quantitative estimate of drug-likeness (QED) is 0.418. The number of imide groups is 1. The van der Waals surface area contributed by atoms with E-state index in [-0.39, 0.29) is 25.2 Å². The molecule has 4 rings (SSSR count). The van der Waals surface area contributed by atoms with Crippen molar-refractivity contribution >= 4 is 23.7 Å². The van der Waals surface area contributed by atoms with Crippen LogP contribution in [-0.4, -0.2) is 48.0 Å². The molecule has 1 aliphatic carbocycles. The molecule has 9 nitrogen and oxygen atoms in total. The van der Waals surface area contributed by atoms with Crippen LogP contribution in [0.3, 0.4) is 0 Å². The van der Waals surface area contributed by atoms with Gasteiger partial charge in [-0.2, -0.15) is 0 Å². The molecule has 3 amide bonds. The Morgan fingerprint density at radius 1 is 1.13 bits per heavy atom. The van der Waals surface area contributed by atoms with E-state index in [1.165, 1.54) is 6.92 Å². The smallest absolute Gasteiger partial charge is 0.326 e. The van der Waals surface area contributed by atoms with Gasteiger partial charge in [0, 0.05) is 6.54 Å². The van der Waals surface area contributed by atoms with Crippen LogP contribution in [-0.2, 0) is 30.5 Å². The summed E-state index contributed by atoms with van der Waals surface area (Å²) in [5.74, 6) is -1.55. The number of carbonyl (C=O) groups excluding carboxylic acids is 4. The molecule has 0 bridgehead atoms. The Hall–Kier alpha value is -3.36. The molecule has 158 valence electrons. The predicted molar refractivity (Wildman–Crippen MR) is 102 cm³/mol. The molecule has 2 heterocycles. The molecule has 0 aromatic heterocycles. The maximum absolute atomic E-state index is 12.4. The number of ether oxygens (including phenoxy) is 3. The standard InChI is InChI=1S/C21H22N2O7/c1-12(19(25)22-9-13-6-7-16-17(8-13)29-11-28-16)30-18(24)10-23-20(26)14-4-2-3-5-15(14)21(23)27/h2-3,6-8,12,14-15H,4-5,9-11H2,1H3,(H,22,25)/t12-,14-,15-/m0/s1. The fourth-order valence-corrected chi connectivity index (χ4v) is 3.83. The second-order valence-corrected chi connectivity index (χ2v) is 7.46. The highest BCUT2D eigenvalue weighted by molar-refractivity contribution is 6.07. The minimum atomic E-state index is -1.07. The van der Waals surface area contributed by atoms with E-state index in [0.29, 0.717) is 24.3 Å². The highest BCUT2D eigenvalue weighted by atomic mass is 16.7. The Morgan fingerprint density at radius 2 is 1.80 bits per heavy atom. The summed E-state index contributed by atoms with van der Waals surface area (Å²) in [5, 5.41) is 2.68. The fraction of sp³-hybridized carbons (Fsp3) is 0.429. The third kappa shape index (κ3) is 3.87. The van der Waals surface area contributed by atoms with Crippen LogP contribution in [0.1, 0.15) is 25.3 Å². The van der Waals surface area contributed by atoms with Crippen molar-refractivity contribution < 1.29 is 33.4 Å². The summed E-state index contributed by atoms with van der Waals surface area (Å²) in [6.07, 6.45) is 3.68. The van der Waals surface area contributed by atoms with Gasteiger partial charge in [0.1, 0.15) is 6.54 Å². The van der Waals surface area contributed by atoms with E-state index in [4.69, 9.17) is 14.2 Å². The van der Waals surface area contributed by atoms with Gasteiger partial charge in [0.25, 0.3) is 5.91 Å². The second kappa shape index (κ2) is 8.17. The van der Waals surface area contributed by atoms with E-state index in [2.05, 4.69) is 5.32 Å². The number of fused-ring (bicyclic) bond motifs is 2. The first-order chi connectivity index (χ1) is 14.4. The Labute approximate surface area is 172 Å². The van der Waals surface area contributed by atoms with Crippen molar-refractivity contribution in [2.75, 3.05) is 13.3 Å². The fourth-order valence-electron chi connectivity index (χ4n) is 3.83. The van der Waals surface area contributed by atoms with Gasteiger partial charge in [-0.05, 0) is 37.5 Å². The number of allylic oxidation sites excluding steroid dienone is 2. The number of amides is 3. The molecule has 0 saturated carbocycles. The molecule has 1 aromatic carbocycles. The van der Waals surface area contributed by atoms with Crippen molar-refractivity contribution in [3.05, 3.63) is 35.9 Å². The van der Waals surface area contributed by atoms with Crippen LogP contribution in [0.4, 0.5) is 0 Å². The van der Waals surface area contributed by atoms with Gasteiger partial charge in [-0.25, -0.2) is 0 Å². The number of rotatable bonds is 6. The lowest BCUT2D eigenvalue weighted by Gasteiger charge is -2.17. The summed E-state index contributed by atoms with van der Waals surface area (Å²) in [6, 6.07) is 5.31. The minimum Gasteiger partial charge on any atom is -0.454 e. The zero-order valence-electron chi connectivity index (χ0n) is 16.5. The average molecular weight is 414 g/mol. The maximum atomic E-state index is 12.4. The zero-order valence-corrected chi connectivity index (χ0v) is 16.5. The van der Waals surface area contributed by atoms with Crippen LogP contribution < -0.4 is 14.8 Å². The van der Waals surface area contributed by atoms with Crippen LogP contribution in [0.15, 0.2) is 30.4 Å². The molecule has 1 saturated heterocycles. The molecule has 1 aromatic rings. The molecular formula is C21H22N2O7. The highest BCUT2D eigenvalue weighted by Gasteiger charge is 2.47. The molecule has 0 unspecified atom stereocenters. The number of esters is 1. The van der Waals surface area contributed by atoms with Crippen LogP contribution >= 0.6 is 0 Å². The summed E-state index contributed by atoms with van der Waals surface area (Å²) in [4.78, 5) is 50.2. The lowest BCUT2D eigenvalue weighted by molar-refractivity contribution is -0.159. The van der Waals surface area contributed by atoms with Crippen molar-refractivity contribution in [3.8, 4) is 11.5 Å². The van der Waals surface area contributed by atoms with E-state index in [0.717, 1.165) is 10.5 Å². The number of benzene rings is 1. The first-order valence-electron chi connectivity index (χ1n) is 9.80. The summed E-state index contributed by atoms with van der Waals surface area (Å²) in [5.41, 5.74) is 0.801. The van der Waals surface area contributed by atoms with Crippen molar-refractivity contribution in [2.45, 2.75) is 32.4 Å². The summed E-state index contributed by atoms with van der Waals surface area (Å²) in [7, 11) is 0. The molecule has 0 radical (unpaired) electrons. The van der Waals surface area contributed by atoms with Gasteiger partial charge >= 0.3 is 5.97 Å². The van der Waals surface area contributed by atoms with Crippen molar-refractivity contribution in [3.63, 3.8) is 0 Å². The highest BCUT2D eigenvalue weighted by Crippen LogP contribution is 2.35. The first-order valence-corrected chi connectivity index (χ1v) is 9.80. The van der Waals surface area contributed by atoms with Crippen LogP contribution in [0.25, 0.3) is 0 Å². The monoisotopic (exact) mass is 414 g/mol. The van der Waals surface area contributed by atoms with Crippen LogP contribution in [0, 0.1) is 11.8 Å². The molecule has 3 atom stereocenters. The number of nitrogens with zero attached hydrogens (tertiary/aromatic N) is 1. The third-order valence-electron chi connectivity index (χ3n) is 5.47. The van der Waals surface area contributed by atoms with Gasteiger partial charge < -0.3 is 19.5 Å². The SMILES string of the molecule is C[C@H](OC(=O)CN1C(=O)[C@H]2CC=CC[C@@H]2C1=O)C(=O)NCc1ccc2c(c1)OCO2. The molecule has 1 fully saturated rings. The van der Waals surface area contributed by atoms with Crippen molar-refractivity contribution in [1.82, 2.24) is 10.2 Å². The van der Waals surface area contributed by atoms with Crippen molar-refractivity contribution in [1.29, 1.82) is 0 Å². The Balaban J connectivity index is 1.26. The molecule has 30 heavy (non-hydrogen) atoms. The largest absolute Gasteiger partial charge is 0.454 e. The summed E-state index contributed by atoms with van der Waals surface area (Å²) >= 11 is 0. The van der Waals surface area contributed by atoms with Crippen LogP contribution in [0.2, 0.25) is 0 Å². The lowest BCUT2D eigenvalue weighted by Crippen LogP contribution is -2.40. The number of nitrogens with one attached hydrogen (secondary N) is 1. The van der Waals surface area contributed by atoms with E-state index in [1.807, 2.05) is 12.2 Å². The van der Waals surface area contributed by atoms with E-state index < -0.39 is 36.4 Å². The predicted octanol–water partition coefficient (Wildman–Crippen LogP) is 0.914. The zero-order chi connectivity index (χ0) is 21.3. The first kappa shape index (κ1) is 19.9. The second-order valence-electron chi connectivity index (χ2n) is 7.46. The number of hydrogen-bond acceptors (Lipinski definition) is 7.